The van der Waals surface area contributed by atoms with Crippen LogP contribution in [0.15, 0.2) is 0 Å². The molecule has 0 aromatic rings. The van der Waals surface area contributed by atoms with Gasteiger partial charge in [-0.3, -0.25) is 0 Å². The highest BCUT2D eigenvalue weighted by atomic mass is 27.0. The molecule has 0 atom stereocenters. The lowest BCUT2D eigenvalue weighted by atomic mass is 10.6. The van der Waals surface area contributed by atoms with E-state index >= 15 is 0 Å². The van der Waals surface area contributed by atoms with Crippen LogP contribution in [-0.2, 0) is 0 Å². The average Bonchev–Trinajstić information content (AvgIpc) is 0.918. The molecule has 0 saturated carbocycles. The highest BCUT2D eigenvalue weighted by Crippen LogP contribution is 1.54. The number of rotatable bonds is 0. The second-order valence-electron chi connectivity index (χ2n) is 0.500. The van der Waals surface area contributed by atoms with E-state index in [-0.39, 0.29) is 26.2 Å². The first kappa shape index (κ1) is 17.7. The fourth-order valence-corrected chi connectivity index (χ4v) is 0. The highest BCUT2D eigenvalue weighted by molar-refractivity contribution is 5.75. The summed E-state index contributed by atoms with van der Waals surface area (Å²) >= 11 is 0. The molecule has 0 aliphatic carbocycles. The van der Waals surface area contributed by atoms with Gasteiger partial charge in [-0.15, -0.1) is 0 Å². The minimum absolute atomic E-state index is 0. The zero-order valence-electron chi connectivity index (χ0n) is 2.99. The summed E-state index contributed by atoms with van der Waals surface area (Å²) < 4.78 is 0. The summed E-state index contributed by atoms with van der Waals surface area (Å²) in [5.41, 5.74) is 0. The minimum Gasteiger partial charge on any atom is -0.0776 e. The molecule has 0 rings (SSSR count). The molecule has 32 valence electrons. The Kier molecular flexibility index (Phi) is 85.4. The Labute approximate surface area is 47.2 Å². The zero-order chi connectivity index (χ0) is 2.71. The maximum absolute atomic E-state index is 3.49. The van der Waals surface area contributed by atoms with Crippen LogP contribution in [0.2, 0.25) is 0 Å². The topological polar surface area (TPSA) is 0 Å². The summed E-state index contributed by atoms with van der Waals surface area (Å²) in [7, 11) is 0. The summed E-state index contributed by atoms with van der Waals surface area (Å²) in [6, 6.07) is 0. The Bertz CT molecular complexity index is 7.51. The third kappa shape index (κ3) is 103. The van der Waals surface area contributed by atoms with Crippen molar-refractivity contribution in [1.29, 1.82) is 0 Å². The molecular formula is C4H13Al. The number of hydrogen-bond donors (Lipinski definition) is 0. The van der Waals surface area contributed by atoms with Gasteiger partial charge in [-0.2, -0.15) is 0 Å². The smallest absolute Gasteiger partial charge is 0 e. The predicted octanol–water partition coefficient (Wildman–Crippen LogP) is 1.73. The summed E-state index contributed by atoms with van der Waals surface area (Å²) in [5.74, 6) is 0. The second kappa shape index (κ2) is 24.1. The van der Waals surface area contributed by atoms with Crippen molar-refractivity contribution in [3.8, 4) is 0 Å². The molecule has 0 fully saturated rings. The molecule has 0 unspecified atom stereocenters. The first-order chi connectivity index (χ1) is 1.41. The van der Waals surface area contributed by atoms with E-state index in [1.165, 1.54) is 0 Å². The SMILES string of the molecule is C.[Al].[CH2]CC.[HH]. The molecule has 0 aromatic carbocycles. The van der Waals surface area contributed by atoms with Crippen molar-refractivity contribution in [3.63, 3.8) is 0 Å². The Balaban J connectivity index is -0.00000000667. The average molecular weight is 88.1 g/mol. The van der Waals surface area contributed by atoms with Crippen LogP contribution in [0.1, 0.15) is 22.2 Å². The van der Waals surface area contributed by atoms with Crippen LogP contribution in [0.5, 0.6) is 0 Å². The molecule has 0 aliphatic rings. The maximum Gasteiger partial charge on any atom is 0 e. The van der Waals surface area contributed by atoms with Gasteiger partial charge in [-0.25, -0.2) is 0 Å². The van der Waals surface area contributed by atoms with E-state index in [9.17, 15) is 0 Å². The number of hydrogen-bond acceptors (Lipinski definition) is 0. The van der Waals surface area contributed by atoms with Crippen LogP contribution in [0.3, 0.4) is 0 Å². The fourth-order valence-electron chi connectivity index (χ4n) is 0. The van der Waals surface area contributed by atoms with Gasteiger partial charge in [0.05, 0.1) is 0 Å². The molecule has 0 nitrogen and oxygen atoms in total. The fraction of sp³-hybridized carbons (Fsp3) is 0.750. The maximum atomic E-state index is 3.49. The van der Waals surface area contributed by atoms with Crippen LogP contribution in [0.4, 0.5) is 0 Å². The monoisotopic (exact) mass is 88.1 g/mol. The van der Waals surface area contributed by atoms with E-state index < -0.39 is 0 Å². The van der Waals surface area contributed by atoms with Crippen molar-refractivity contribution in [2.24, 2.45) is 0 Å². The summed E-state index contributed by atoms with van der Waals surface area (Å²) in [6.45, 7) is 5.50. The molecule has 0 aliphatic heterocycles. The first-order valence-corrected chi connectivity index (χ1v) is 1.21. The van der Waals surface area contributed by atoms with Crippen LogP contribution in [0, 0.1) is 6.92 Å². The molecule has 0 amide bonds. The van der Waals surface area contributed by atoms with E-state index in [0.29, 0.717) is 0 Å². The van der Waals surface area contributed by atoms with E-state index in [1.807, 2.05) is 6.92 Å². The molecule has 0 saturated heterocycles. The van der Waals surface area contributed by atoms with Crippen LogP contribution >= 0.6 is 0 Å². The van der Waals surface area contributed by atoms with Gasteiger partial charge in [0.1, 0.15) is 0 Å². The Morgan fingerprint density at radius 2 is 1.80 bits per heavy atom. The third-order valence-corrected chi connectivity index (χ3v) is 0. The van der Waals surface area contributed by atoms with Gasteiger partial charge in [0.15, 0.2) is 0 Å². The van der Waals surface area contributed by atoms with Gasteiger partial charge in [0, 0.05) is 18.8 Å². The Morgan fingerprint density at radius 3 is 1.80 bits per heavy atom. The molecule has 4 radical (unpaired) electrons. The molecule has 0 spiro atoms. The second-order valence-corrected chi connectivity index (χ2v) is 0.500. The highest BCUT2D eigenvalue weighted by Gasteiger charge is 1.36. The molecule has 0 bridgehead atoms. The molecule has 0 heterocycles. The Morgan fingerprint density at radius 1 is 1.80 bits per heavy atom. The lowest BCUT2D eigenvalue weighted by Crippen LogP contribution is -1.29. The van der Waals surface area contributed by atoms with Gasteiger partial charge in [-0.1, -0.05) is 27.7 Å². The third-order valence-electron chi connectivity index (χ3n) is 0. The predicted molar refractivity (Wildman–Crippen MR) is 30.2 cm³/mol. The molecular weight excluding hydrogens is 75.0 g/mol. The molecule has 1 heteroatoms. The van der Waals surface area contributed by atoms with Crippen molar-refractivity contribution in [2.45, 2.75) is 20.8 Å². The standard InChI is InChI=1S/C3H7.CH4.Al.H2/c1-3-2;;;/h1,3H2,2H3;1H4;;1H. The normalized spacial score (nSPS) is 3.60. The van der Waals surface area contributed by atoms with E-state index in [2.05, 4.69) is 6.92 Å². The molecule has 0 aromatic heterocycles. The van der Waals surface area contributed by atoms with Crippen molar-refractivity contribution in [2.75, 3.05) is 0 Å². The van der Waals surface area contributed by atoms with Crippen molar-refractivity contribution in [3.05, 3.63) is 6.92 Å². The zero-order valence-corrected chi connectivity index (χ0v) is 4.15. The van der Waals surface area contributed by atoms with Gasteiger partial charge >= 0.3 is 0 Å². The van der Waals surface area contributed by atoms with Gasteiger partial charge < -0.3 is 0 Å². The van der Waals surface area contributed by atoms with E-state index in [1.54, 1.807) is 0 Å². The van der Waals surface area contributed by atoms with E-state index in [0.717, 1.165) is 6.42 Å². The van der Waals surface area contributed by atoms with Crippen molar-refractivity contribution in [1.82, 2.24) is 0 Å². The summed E-state index contributed by atoms with van der Waals surface area (Å²) in [6.07, 6.45) is 1.00. The lowest BCUT2D eigenvalue weighted by molar-refractivity contribution is 1.23. The summed E-state index contributed by atoms with van der Waals surface area (Å²) in [4.78, 5) is 0. The molecule has 5 heavy (non-hydrogen) atoms. The molecule has 0 N–H and O–H groups in total. The quantitative estimate of drug-likeness (QED) is 0.395. The van der Waals surface area contributed by atoms with Crippen molar-refractivity contribution >= 4 is 17.4 Å². The van der Waals surface area contributed by atoms with Gasteiger partial charge in [0.2, 0.25) is 0 Å². The van der Waals surface area contributed by atoms with Crippen LogP contribution in [-0.4, -0.2) is 17.4 Å². The largest absolute Gasteiger partial charge is 0.0776 e. The Hall–Kier alpha value is 0.532. The first-order valence-electron chi connectivity index (χ1n) is 1.21. The van der Waals surface area contributed by atoms with E-state index in [4.69, 9.17) is 0 Å². The van der Waals surface area contributed by atoms with Crippen LogP contribution < -0.4 is 0 Å². The lowest BCUT2D eigenvalue weighted by Gasteiger charge is -1.47. The van der Waals surface area contributed by atoms with Gasteiger partial charge in [0.25, 0.3) is 0 Å². The van der Waals surface area contributed by atoms with Crippen LogP contribution in [0.25, 0.3) is 0 Å². The minimum atomic E-state index is 0. The van der Waals surface area contributed by atoms with Gasteiger partial charge in [-0.05, 0) is 0 Å². The van der Waals surface area contributed by atoms with Crippen molar-refractivity contribution < 1.29 is 1.43 Å². The summed E-state index contributed by atoms with van der Waals surface area (Å²) in [5, 5.41) is 0.